The van der Waals surface area contributed by atoms with Crippen molar-refractivity contribution in [3.63, 3.8) is 0 Å². The number of aromatic nitrogens is 1. The highest BCUT2D eigenvalue weighted by Crippen LogP contribution is 2.33. The quantitative estimate of drug-likeness (QED) is 0.322. The molecule has 0 aliphatic carbocycles. The molecular formula is C28H25N3O3. The zero-order chi connectivity index (χ0) is 23.7. The number of anilines is 1. The Hall–Kier alpha value is -4.32. The Labute approximate surface area is 197 Å². The van der Waals surface area contributed by atoms with E-state index in [1.54, 1.807) is 14.2 Å². The van der Waals surface area contributed by atoms with Crippen molar-refractivity contribution in [3.8, 4) is 22.8 Å². The Morgan fingerprint density at radius 3 is 2.44 bits per heavy atom. The number of ether oxygens (including phenoxy) is 2. The fraction of sp³-hybridized carbons (Fsp3) is 0.143. The molecule has 0 saturated carbocycles. The normalized spacial score (nSPS) is 11.7. The first kappa shape index (κ1) is 21.5. The summed E-state index contributed by atoms with van der Waals surface area (Å²) in [6, 6.07) is 23.7. The van der Waals surface area contributed by atoms with Crippen LogP contribution < -0.4 is 20.3 Å². The lowest BCUT2D eigenvalue weighted by Gasteiger charge is -2.11. The second kappa shape index (κ2) is 8.90. The van der Waals surface area contributed by atoms with Gasteiger partial charge in [-0.05, 0) is 73.5 Å². The summed E-state index contributed by atoms with van der Waals surface area (Å²) in [4.78, 5) is 4.67. The Balaban J connectivity index is 1.65. The number of para-hydroxylation sites is 1. The van der Waals surface area contributed by atoms with Gasteiger partial charge in [0.15, 0.2) is 11.5 Å². The van der Waals surface area contributed by atoms with Gasteiger partial charge in [0, 0.05) is 22.4 Å². The van der Waals surface area contributed by atoms with E-state index in [1.807, 2.05) is 66.7 Å². The summed E-state index contributed by atoms with van der Waals surface area (Å²) in [5, 5.41) is 7.47. The molecule has 5 aromatic rings. The van der Waals surface area contributed by atoms with Gasteiger partial charge in [-0.1, -0.05) is 18.2 Å². The Bertz CT molecular complexity index is 1590. The molecule has 0 bridgehead atoms. The third kappa shape index (κ3) is 4.06. The van der Waals surface area contributed by atoms with Gasteiger partial charge in [-0.2, -0.15) is 5.10 Å². The summed E-state index contributed by atoms with van der Waals surface area (Å²) >= 11 is 0. The Kier molecular flexibility index (Phi) is 5.64. The topological polar surface area (TPSA) is 68.9 Å². The van der Waals surface area contributed by atoms with Crippen LogP contribution in [0.15, 0.2) is 82.3 Å². The lowest BCUT2D eigenvalue weighted by Crippen LogP contribution is -2.08. The minimum Gasteiger partial charge on any atom is -0.493 e. The highest BCUT2D eigenvalue weighted by atomic mass is 16.5. The van der Waals surface area contributed by atoms with E-state index in [0.29, 0.717) is 23.1 Å². The molecule has 0 fully saturated rings. The summed E-state index contributed by atoms with van der Waals surface area (Å²) in [5.74, 6) is 2.63. The predicted molar refractivity (Wildman–Crippen MR) is 135 cm³/mol. The zero-order valence-electron chi connectivity index (χ0n) is 19.5. The van der Waals surface area contributed by atoms with Crippen molar-refractivity contribution in [1.29, 1.82) is 0 Å². The maximum Gasteiger partial charge on any atom is 0.161 e. The zero-order valence-corrected chi connectivity index (χ0v) is 19.5. The van der Waals surface area contributed by atoms with Crippen LogP contribution >= 0.6 is 0 Å². The predicted octanol–water partition coefficient (Wildman–Crippen LogP) is 6.21. The number of pyridine rings is 1. The highest BCUT2D eigenvalue weighted by Gasteiger charge is 2.11. The monoisotopic (exact) mass is 451 g/mol. The molecule has 5 rings (SSSR count). The average molecular weight is 452 g/mol. The molecule has 0 spiro atoms. The molecule has 6 heteroatoms. The standard InChI is InChI=1S/C28H25N3O3/c1-17-13-21-23(30-31-28-12-10-19-7-5-6-8-22(19)29-28)16-25(34-26(21)14-18(17)2)20-9-11-24(32-3)27(15-20)33-4/h5-16H,1-4H3,(H,29,31). The molecule has 0 saturated heterocycles. The van der Waals surface area contributed by atoms with Gasteiger partial charge in [0.05, 0.1) is 25.1 Å². The van der Waals surface area contributed by atoms with Gasteiger partial charge in [0.2, 0.25) is 0 Å². The van der Waals surface area contributed by atoms with Crippen molar-refractivity contribution in [2.75, 3.05) is 19.6 Å². The minimum atomic E-state index is 0.632. The molecule has 0 atom stereocenters. The number of methoxy groups -OCH3 is 2. The highest BCUT2D eigenvalue weighted by molar-refractivity contribution is 5.81. The lowest BCUT2D eigenvalue weighted by atomic mass is 10.1. The van der Waals surface area contributed by atoms with Crippen LogP contribution in [0.2, 0.25) is 0 Å². The van der Waals surface area contributed by atoms with Gasteiger partial charge in [0.25, 0.3) is 0 Å². The number of hydrogen-bond acceptors (Lipinski definition) is 6. The summed E-state index contributed by atoms with van der Waals surface area (Å²) < 4.78 is 17.2. The molecule has 3 aromatic carbocycles. The molecule has 0 aliphatic rings. The first-order valence-electron chi connectivity index (χ1n) is 11.0. The van der Waals surface area contributed by atoms with Crippen molar-refractivity contribution >= 4 is 27.7 Å². The number of hydrogen-bond donors (Lipinski definition) is 1. The SMILES string of the molecule is COc1ccc(-c2cc(=NNc3ccc4ccccc4n3)c3cc(C)c(C)cc3o2)cc1OC. The van der Waals surface area contributed by atoms with E-state index in [2.05, 4.69) is 30.3 Å². The fourth-order valence-electron chi connectivity index (χ4n) is 3.89. The van der Waals surface area contributed by atoms with E-state index in [9.17, 15) is 0 Å². The molecule has 1 N–H and O–H groups in total. The molecule has 0 unspecified atom stereocenters. The van der Waals surface area contributed by atoms with Crippen LogP contribution in [0.1, 0.15) is 11.1 Å². The maximum absolute atomic E-state index is 6.31. The molecule has 34 heavy (non-hydrogen) atoms. The van der Waals surface area contributed by atoms with E-state index in [1.165, 1.54) is 5.56 Å². The average Bonchev–Trinajstić information content (AvgIpc) is 2.87. The van der Waals surface area contributed by atoms with Crippen molar-refractivity contribution < 1.29 is 13.9 Å². The van der Waals surface area contributed by atoms with Crippen molar-refractivity contribution in [1.82, 2.24) is 4.98 Å². The van der Waals surface area contributed by atoms with Crippen LogP contribution in [-0.2, 0) is 0 Å². The molecule has 6 nitrogen and oxygen atoms in total. The van der Waals surface area contributed by atoms with E-state index >= 15 is 0 Å². The molecular weight excluding hydrogens is 426 g/mol. The summed E-state index contributed by atoms with van der Waals surface area (Å²) in [7, 11) is 3.24. The number of rotatable bonds is 5. The first-order chi connectivity index (χ1) is 16.6. The smallest absolute Gasteiger partial charge is 0.161 e. The van der Waals surface area contributed by atoms with Crippen LogP contribution in [0.3, 0.4) is 0 Å². The molecule has 0 aliphatic heterocycles. The number of nitrogens with one attached hydrogen (secondary N) is 1. The van der Waals surface area contributed by atoms with Crippen LogP contribution in [0.5, 0.6) is 11.5 Å². The molecule has 0 amide bonds. The molecule has 2 aromatic heterocycles. The number of benzene rings is 3. The molecule has 2 heterocycles. The fourth-order valence-corrected chi connectivity index (χ4v) is 3.89. The van der Waals surface area contributed by atoms with Crippen molar-refractivity contribution in [2.45, 2.75) is 13.8 Å². The van der Waals surface area contributed by atoms with Gasteiger partial charge in [-0.15, -0.1) is 0 Å². The van der Waals surface area contributed by atoms with Gasteiger partial charge in [-0.3, -0.25) is 5.43 Å². The van der Waals surface area contributed by atoms with Crippen molar-refractivity contribution in [3.05, 3.63) is 89.3 Å². The first-order valence-corrected chi connectivity index (χ1v) is 11.0. The van der Waals surface area contributed by atoms with E-state index in [0.717, 1.165) is 38.4 Å². The molecule has 0 radical (unpaired) electrons. The van der Waals surface area contributed by atoms with Crippen LogP contribution in [0, 0.1) is 13.8 Å². The number of nitrogens with zero attached hydrogens (tertiary/aromatic N) is 2. The number of aryl methyl sites for hydroxylation is 2. The van der Waals surface area contributed by atoms with Gasteiger partial charge in [0.1, 0.15) is 17.2 Å². The van der Waals surface area contributed by atoms with E-state index in [4.69, 9.17) is 19.0 Å². The third-order valence-corrected chi connectivity index (χ3v) is 5.92. The second-order valence-electron chi connectivity index (χ2n) is 8.11. The summed E-state index contributed by atoms with van der Waals surface area (Å²) in [6.07, 6.45) is 0. The molecule has 170 valence electrons. The van der Waals surface area contributed by atoms with E-state index in [-0.39, 0.29) is 0 Å². The van der Waals surface area contributed by atoms with Gasteiger partial charge >= 0.3 is 0 Å². The summed E-state index contributed by atoms with van der Waals surface area (Å²) in [5.41, 5.74) is 7.97. The van der Waals surface area contributed by atoms with Gasteiger partial charge < -0.3 is 13.9 Å². The lowest BCUT2D eigenvalue weighted by molar-refractivity contribution is 0.355. The van der Waals surface area contributed by atoms with Crippen LogP contribution in [-0.4, -0.2) is 19.2 Å². The largest absolute Gasteiger partial charge is 0.493 e. The summed E-state index contributed by atoms with van der Waals surface area (Å²) in [6.45, 7) is 4.15. The van der Waals surface area contributed by atoms with Crippen LogP contribution in [0.4, 0.5) is 5.82 Å². The number of fused-ring (bicyclic) bond motifs is 2. The third-order valence-electron chi connectivity index (χ3n) is 5.92. The maximum atomic E-state index is 6.31. The Morgan fingerprint density at radius 1 is 0.824 bits per heavy atom. The van der Waals surface area contributed by atoms with Gasteiger partial charge in [-0.25, -0.2) is 4.98 Å². The Morgan fingerprint density at radius 2 is 1.62 bits per heavy atom. The van der Waals surface area contributed by atoms with Crippen LogP contribution in [0.25, 0.3) is 33.2 Å². The van der Waals surface area contributed by atoms with Crippen molar-refractivity contribution in [2.24, 2.45) is 5.10 Å². The second-order valence-corrected chi connectivity index (χ2v) is 8.11. The van der Waals surface area contributed by atoms with E-state index < -0.39 is 0 Å². The minimum absolute atomic E-state index is 0.632.